The van der Waals surface area contributed by atoms with Crippen molar-refractivity contribution in [3.63, 3.8) is 0 Å². The number of allylic oxidation sites excluding steroid dienone is 4. The van der Waals surface area contributed by atoms with E-state index in [9.17, 15) is 4.79 Å². The molecule has 0 spiro atoms. The molecule has 0 bridgehead atoms. The van der Waals surface area contributed by atoms with Gasteiger partial charge in [-0.05, 0) is 86.2 Å². The van der Waals surface area contributed by atoms with E-state index in [4.69, 9.17) is 4.74 Å². The average molecular weight is 450 g/mol. The number of amides is 1. The molecular weight excluding hydrogens is 414 g/mol. The average Bonchev–Trinajstić information content (AvgIpc) is 2.81. The summed E-state index contributed by atoms with van der Waals surface area (Å²) < 4.78 is 8.53. The highest BCUT2D eigenvalue weighted by Crippen LogP contribution is 2.23. The van der Waals surface area contributed by atoms with Gasteiger partial charge in [0.15, 0.2) is 6.61 Å². The Kier molecular flexibility index (Phi) is 13.3. The molecule has 0 unspecified atom stereocenters. The molecule has 0 radical (unpaired) electrons. The molecule has 1 N–H and O–H groups in total. The van der Waals surface area contributed by atoms with E-state index < -0.39 is 0 Å². The van der Waals surface area contributed by atoms with E-state index in [1.54, 1.807) is 0 Å². The maximum absolute atomic E-state index is 12.2. The van der Waals surface area contributed by atoms with Gasteiger partial charge in [0.05, 0.1) is 0 Å². The lowest BCUT2D eigenvalue weighted by atomic mass is 10.1. The van der Waals surface area contributed by atoms with Crippen LogP contribution in [0.25, 0.3) is 24.3 Å². The predicted molar refractivity (Wildman–Crippen MR) is 143 cm³/mol. The topological polar surface area (TPSA) is 38.3 Å². The monoisotopic (exact) mass is 449 g/mol. The molecule has 0 saturated heterocycles. The molecule has 1 amide bonds. The van der Waals surface area contributed by atoms with Gasteiger partial charge in [0.2, 0.25) is 0 Å². The SMILES string of the molecule is C/C=C\c1ccc(OCC(=O)NSc2ccc(/C=C\C)c(/C=C\C)c2)cc1/C=C\C.CC. The molecule has 4 heteroatoms. The molecular formula is C28H35NO2S. The number of rotatable bonds is 9. The van der Waals surface area contributed by atoms with E-state index in [2.05, 4.69) is 29.0 Å². The summed E-state index contributed by atoms with van der Waals surface area (Å²) in [4.78, 5) is 13.2. The second-order valence-electron chi connectivity index (χ2n) is 6.50. The lowest BCUT2D eigenvalue weighted by Crippen LogP contribution is -2.23. The molecule has 0 aliphatic heterocycles. The molecule has 2 aromatic carbocycles. The number of nitrogens with one attached hydrogen (secondary N) is 1. The first kappa shape index (κ1) is 27.1. The molecule has 0 fully saturated rings. The van der Waals surface area contributed by atoms with E-state index >= 15 is 0 Å². The van der Waals surface area contributed by atoms with Crippen LogP contribution >= 0.6 is 11.9 Å². The summed E-state index contributed by atoms with van der Waals surface area (Å²) >= 11 is 1.29. The van der Waals surface area contributed by atoms with Gasteiger partial charge in [0.1, 0.15) is 5.75 Å². The first-order valence-corrected chi connectivity index (χ1v) is 11.8. The molecule has 0 aliphatic rings. The molecule has 0 aliphatic carbocycles. The van der Waals surface area contributed by atoms with Crippen LogP contribution in [0.5, 0.6) is 5.75 Å². The van der Waals surface area contributed by atoms with Crippen LogP contribution in [0.1, 0.15) is 63.8 Å². The smallest absolute Gasteiger partial charge is 0.267 e. The van der Waals surface area contributed by atoms with Gasteiger partial charge in [-0.3, -0.25) is 9.52 Å². The Bertz CT molecular complexity index is 894. The molecule has 2 aromatic rings. The van der Waals surface area contributed by atoms with Crippen LogP contribution in [0.15, 0.2) is 65.6 Å². The highest BCUT2D eigenvalue weighted by molar-refractivity contribution is 7.98. The van der Waals surface area contributed by atoms with Gasteiger partial charge in [0.25, 0.3) is 5.91 Å². The van der Waals surface area contributed by atoms with Gasteiger partial charge in [-0.15, -0.1) is 0 Å². The van der Waals surface area contributed by atoms with Crippen molar-refractivity contribution in [2.24, 2.45) is 0 Å². The minimum absolute atomic E-state index is 0.0381. The molecule has 0 heterocycles. The summed E-state index contributed by atoms with van der Waals surface area (Å²) in [6, 6.07) is 11.9. The molecule has 32 heavy (non-hydrogen) atoms. The van der Waals surface area contributed by atoms with Gasteiger partial charge in [-0.25, -0.2) is 0 Å². The number of ether oxygens (including phenoxy) is 1. The Morgan fingerprint density at radius 2 is 1.28 bits per heavy atom. The van der Waals surface area contributed by atoms with Gasteiger partial charge >= 0.3 is 0 Å². The summed E-state index contributed by atoms with van der Waals surface area (Å²) in [6.07, 6.45) is 16.2. The van der Waals surface area contributed by atoms with Crippen LogP contribution < -0.4 is 9.46 Å². The van der Waals surface area contributed by atoms with Crippen LogP contribution in [0.4, 0.5) is 0 Å². The van der Waals surface area contributed by atoms with Crippen LogP contribution in [0.2, 0.25) is 0 Å². The number of hydrogen-bond acceptors (Lipinski definition) is 3. The highest BCUT2D eigenvalue weighted by atomic mass is 32.2. The third kappa shape index (κ3) is 9.03. The fourth-order valence-electron chi connectivity index (χ4n) is 2.86. The third-order valence-corrected chi connectivity index (χ3v) is 4.97. The zero-order valence-electron chi connectivity index (χ0n) is 20.0. The van der Waals surface area contributed by atoms with Crippen molar-refractivity contribution >= 4 is 42.2 Å². The van der Waals surface area contributed by atoms with E-state index in [1.165, 1.54) is 11.9 Å². The Morgan fingerprint density at radius 3 is 1.84 bits per heavy atom. The Morgan fingerprint density at radius 1 is 0.781 bits per heavy atom. The fraction of sp³-hybridized carbons (Fsp3) is 0.250. The minimum atomic E-state index is -0.185. The van der Waals surface area contributed by atoms with Crippen molar-refractivity contribution in [1.82, 2.24) is 4.72 Å². The van der Waals surface area contributed by atoms with Gasteiger partial charge < -0.3 is 4.74 Å². The fourth-order valence-corrected chi connectivity index (χ4v) is 3.48. The van der Waals surface area contributed by atoms with E-state index in [0.717, 1.165) is 27.1 Å². The van der Waals surface area contributed by atoms with E-state index in [1.807, 2.05) is 102 Å². The van der Waals surface area contributed by atoms with Crippen molar-refractivity contribution in [1.29, 1.82) is 0 Å². The molecule has 0 saturated carbocycles. The second kappa shape index (κ2) is 15.8. The van der Waals surface area contributed by atoms with Crippen LogP contribution in [-0.2, 0) is 4.79 Å². The normalized spacial score (nSPS) is 11.3. The summed E-state index contributed by atoms with van der Waals surface area (Å²) in [5.74, 6) is 0.484. The predicted octanol–water partition coefficient (Wildman–Crippen LogP) is 8.05. The van der Waals surface area contributed by atoms with Crippen LogP contribution in [0, 0.1) is 0 Å². The number of benzene rings is 2. The van der Waals surface area contributed by atoms with E-state index in [0.29, 0.717) is 5.75 Å². The summed E-state index contributed by atoms with van der Waals surface area (Å²) in [5, 5.41) is 0. The van der Waals surface area contributed by atoms with E-state index in [-0.39, 0.29) is 12.5 Å². The number of carbonyl (C=O) groups excluding carboxylic acids is 1. The first-order chi connectivity index (χ1) is 15.6. The number of carbonyl (C=O) groups is 1. The molecule has 3 nitrogen and oxygen atoms in total. The summed E-state index contributed by atoms with van der Waals surface area (Å²) in [5.41, 5.74) is 4.43. The van der Waals surface area contributed by atoms with Crippen LogP contribution in [0.3, 0.4) is 0 Å². The van der Waals surface area contributed by atoms with Gasteiger partial charge in [-0.1, -0.05) is 74.6 Å². The molecule has 2 rings (SSSR count). The quantitative estimate of drug-likeness (QED) is 0.394. The zero-order valence-corrected chi connectivity index (χ0v) is 20.8. The molecule has 0 aromatic heterocycles. The van der Waals surface area contributed by atoms with Crippen molar-refractivity contribution in [2.75, 3.05) is 6.61 Å². The number of hydrogen-bond donors (Lipinski definition) is 1. The zero-order chi connectivity index (χ0) is 23.8. The van der Waals surface area contributed by atoms with Crippen molar-refractivity contribution in [3.8, 4) is 5.75 Å². The van der Waals surface area contributed by atoms with Gasteiger partial charge in [-0.2, -0.15) is 0 Å². The highest BCUT2D eigenvalue weighted by Gasteiger charge is 2.07. The lowest BCUT2D eigenvalue weighted by Gasteiger charge is -2.10. The summed E-state index contributed by atoms with van der Waals surface area (Å²) in [6.45, 7) is 11.9. The maximum atomic E-state index is 12.2. The Hall–Kier alpha value is -2.98. The van der Waals surface area contributed by atoms with Crippen molar-refractivity contribution < 1.29 is 9.53 Å². The lowest BCUT2D eigenvalue weighted by molar-refractivity contribution is -0.121. The maximum Gasteiger partial charge on any atom is 0.267 e. The third-order valence-electron chi connectivity index (χ3n) is 4.15. The molecule has 170 valence electrons. The first-order valence-electron chi connectivity index (χ1n) is 11.0. The van der Waals surface area contributed by atoms with Crippen molar-refractivity contribution in [2.45, 2.75) is 46.4 Å². The Balaban J connectivity index is 0.00000249. The van der Waals surface area contributed by atoms with Crippen molar-refractivity contribution in [3.05, 3.63) is 83.0 Å². The Labute approximate surface area is 198 Å². The minimum Gasteiger partial charge on any atom is -0.484 e. The summed E-state index contributed by atoms with van der Waals surface area (Å²) in [7, 11) is 0. The largest absolute Gasteiger partial charge is 0.484 e. The van der Waals surface area contributed by atoms with Crippen LogP contribution in [-0.4, -0.2) is 12.5 Å². The van der Waals surface area contributed by atoms with Gasteiger partial charge in [0, 0.05) is 4.90 Å². The molecule has 0 atom stereocenters. The second-order valence-corrected chi connectivity index (χ2v) is 7.38. The standard InChI is InChI=1S/C26H29NO2S.C2H6/c1-5-9-20-13-15-24(17-22(20)11-7-3)29-19-26(28)27-30-25-16-14-21(10-6-2)23(18-25)12-8-4;1-2/h5-18H,19H2,1-4H3,(H,27,28);1-2H3/b9-5-,10-6-,11-7-,12-8-;.